The number of nitrogens with zero attached hydrogens (tertiary/aromatic N) is 1. The Morgan fingerprint density at radius 3 is 1.91 bits per heavy atom. The van der Waals surface area contributed by atoms with E-state index in [2.05, 4.69) is 4.74 Å². The maximum Gasteiger partial charge on any atom is 0.323 e. The highest BCUT2D eigenvalue weighted by molar-refractivity contribution is 5.75. The average Bonchev–Trinajstić information content (AvgIpc) is 1.85. The summed E-state index contributed by atoms with van der Waals surface area (Å²) in [6.45, 7) is 4.00. The van der Waals surface area contributed by atoms with Gasteiger partial charge in [-0.3, -0.25) is 9.69 Å². The Balaban J connectivity index is 4.22. The maximum atomic E-state index is 11.1. The molecule has 0 unspecified atom stereocenters. The van der Waals surface area contributed by atoms with E-state index in [0.717, 1.165) is 0 Å². The Hall–Kier alpha value is -0.570. The number of hydrogen-bond donors (Lipinski definition) is 0. The molecule has 0 N–H and O–H groups in total. The van der Waals surface area contributed by atoms with E-state index in [4.69, 9.17) is 0 Å². The lowest BCUT2D eigenvalue weighted by Crippen LogP contribution is -2.40. The first kappa shape index (κ1) is 10.4. The third-order valence-corrected chi connectivity index (χ3v) is 1.63. The number of carbonyl (C=O) groups excluding carboxylic acids is 1. The van der Waals surface area contributed by atoms with Crippen molar-refractivity contribution >= 4 is 5.97 Å². The summed E-state index contributed by atoms with van der Waals surface area (Å²) in [7, 11) is 5.17. The van der Waals surface area contributed by atoms with Gasteiger partial charge in [0.25, 0.3) is 0 Å². The zero-order chi connectivity index (χ0) is 9.02. The lowest BCUT2D eigenvalue weighted by atomic mass is 10.0. The summed E-state index contributed by atoms with van der Waals surface area (Å²) in [5.41, 5.74) is 0. The molecule has 3 heteroatoms. The van der Waals surface area contributed by atoms with Gasteiger partial charge in [-0.25, -0.2) is 0 Å². The predicted molar refractivity (Wildman–Crippen MR) is 44.3 cm³/mol. The molecule has 0 fully saturated rings. The van der Waals surface area contributed by atoms with Crippen LogP contribution in [0, 0.1) is 5.92 Å². The molecule has 0 aliphatic heterocycles. The summed E-state index contributed by atoms with van der Waals surface area (Å²) in [5.74, 6) is 0.127. The molecule has 0 aromatic carbocycles. The van der Waals surface area contributed by atoms with Gasteiger partial charge in [-0.1, -0.05) is 13.8 Å². The van der Waals surface area contributed by atoms with E-state index in [1.807, 2.05) is 32.8 Å². The van der Waals surface area contributed by atoms with Gasteiger partial charge in [0.1, 0.15) is 6.04 Å². The average molecular weight is 159 g/mol. The lowest BCUT2D eigenvalue weighted by molar-refractivity contribution is -0.147. The molecule has 0 heterocycles. The number of likely N-dealkylation sites (N-methyl/N-ethyl adjacent to an activating group) is 1. The molecule has 0 saturated carbocycles. The van der Waals surface area contributed by atoms with Crippen LogP contribution in [0.2, 0.25) is 0 Å². The topological polar surface area (TPSA) is 29.5 Å². The van der Waals surface area contributed by atoms with Crippen LogP contribution in [0.15, 0.2) is 0 Å². The second-order valence-corrected chi connectivity index (χ2v) is 3.18. The smallest absolute Gasteiger partial charge is 0.323 e. The highest BCUT2D eigenvalue weighted by atomic mass is 16.5. The van der Waals surface area contributed by atoms with Gasteiger partial charge in [0.15, 0.2) is 0 Å². The molecule has 3 nitrogen and oxygen atoms in total. The largest absolute Gasteiger partial charge is 0.468 e. The maximum absolute atomic E-state index is 11.1. The zero-order valence-corrected chi connectivity index (χ0v) is 7.92. The lowest BCUT2D eigenvalue weighted by Gasteiger charge is -2.24. The highest BCUT2D eigenvalue weighted by Gasteiger charge is 2.24. The minimum absolute atomic E-state index is 0.125. The minimum Gasteiger partial charge on any atom is -0.468 e. The summed E-state index contributed by atoms with van der Waals surface area (Å²) in [4.78, 5) is 13.0. The molecular weight excluding hydrogens is 142 g/mol. The fourth-order valence-corrected chi connectivity index (χ4v) is 1.20. The van der Waals surface area contributed by atoms with Crippen molar-refractivity contribution in [1.29, 1.82) is 0 Å². The quantitative estimate of drug-likeness (QED) is 0.569. The molecule has 66 valence electrons. The van der Waals surface area contributed by atoms with Gasteiger partial charge in [0, 0.05) is 0 Å². The number of carbonyl (C=O) groups is 1. The molecule has 0 aromatic rings. The van der Waals surface area contributed by atoms with Crippen molar-refractivity contribution in [2.45, 2.75) is 19.9 Å². The molecule has 0 aromatic heterocycles. The van der Waals surface area contributed by atoms with Gasteiger partial charge >= 0.3 is 5.97 Å². The Morgan fingerprint density at radius 1 is 1.36 bits per heavy atom. The van der Waals surface area contributed by atoms with Crippen molar-refractivity contribution in [3.05, 3.63) is 0 Å². The van der Waals surface area contributed by atoms with Crippen molar-refractivity contribution in [1.82, 2.24) is 4.90 Å². The van der Waals surface area contributed by atoms with E-state index in [1.54, 1.807) is 0 Å². The normalized spacial score (nSPS) is 13.7. The van der Waals surface area contributed by atoms with Gasteiger partial charge in [-0.05, 0) is 20.0 Å². The van der Waals surface area contributed by atoms with Crippen molar-refractivity contribution in [2.75, 3.05) is 21.2 Å². The molecular formula is C8H17NO2. The van der Waals surface area contributed by atoms with Crippen LogP contribution in [0.5, 0.6) is 0 Å². The molecule has 0 radical (unpaired) electrons. The summed E-state index contributed by atoms with van der Waals surface area (Å²) < 4.78 is 4.65. The molecule has 1 atom stereocenters. The van der Waals surface area contributed by atoms with Crippen LogP contribution < -0.4 is 0 Å². The highest BCUT2D eigenvalue weighted by Crippen LogP contribution is 2.08. The number of ether oxygens (including phenoxy) is 1. The van der Waals surface area contributed by atoms with Gasteiger partial charge < -0.3 is 4.74 Å². The summed E-state index contributed by atoms with van der Waals surface area (Å²) in [6.07, 6.45) is 0. The molecule has 0 spiro atoms. The second-order valence-electron chi connectivity index (χ2n) is 3.18. The van der Waals surface area contributed by atoms with Crippen LogP contribution in [0.3, 0.4) is 0 Å². The van der Waals surface area contributed by atoms with Crippen molar-refractivity contribution < 1.29 is 9.53 Å². The van der Waals surface area contributed by atoms with Crippen LogP contribution in [0.25, 0.3) is 0 Å². The first-order chi connectivity index (χ1) is 5.00. The molecule has 11 heavy (non-hydrogen) atoms. The Morgan fingerprint density at radius 2 is 1.82 bits per heavy atom. The standard InChI is InChI=1S/C8H17NO2/c1-6(2)7(9(3)4)8(10)11-5/h6-7H,1-5H3/t7-/m1/s1. The monoisotopic (exact) mass is 159 g/mol. The molecule has 0 bridgehead atoms. The van der Waals surface area contributed by atoms with Crippen molar-refractivity contribution in [2.24, 2.45) is 5.92 Å². The van der Waals surface area contributed by atoms with Crippen LogP contribution in [0.4, 0.5) is 0 Å². The van der Waals surface area contributed by atoms with E-state index < -0.39 is 0 Å². The van der Waals surface area contributed by atoms with E-state index >= 15 is 0 Å². The third kappa shape index (κ3) is 2.89. The van der Waals surface area contributed by atoms with Crippen LogP contribution in [0.1, 0.15) is 13.8 Å². The Bertz CT molecular complexity index is 124. The fraction of sp³-hybridized carbons (Fsp3) is 0.875. The third-order valence-electron chi connectivity index (χ3n) is 1.63. The van der Waals surface area contributed by atoms with E-state index in [-0.39, 0.29) is 17.9 Å². The van der Waals surface area contributed by atoms with E-state index in [0.29, 0.717) is 0 Å². The molecule has 0 amide bonds. The molecule has 0 rings (SSSR count). The van der Waals surface area contributed by atoms with E-state index in [1.165, 1.54) is 7.11 Å². The minimum atomic E-state index is -0.162. The van der Waals surface area contributed by atoms with Gasteiger partial charge in [-0.15, -0.1) is 0 Å². The van der Waals surface area contributed by atoms with Gasteiger partial charge in [0.05, 0.1) is 7.11 Å². The Labute approximate surface area is 68.3 Å². The first-order valence-electron chi connectivity index (χ1n) is 3.75. The number of methoxy groups -OCH3 is 1. The van der Waals surface area contributed by atoms with Crippen molar-refractivity contribution in [3.63, 3.8) is 0 Å². The summed E-state index contributed by atoms with van der Waals surface area (Å²) >= 11 is 0. The number of hydrogen-bond acceptors (Lipinski definition) is 3. The zero-order valence-electron chi connectivity index (χ0n) is 7.92. The SMILES string of the molecule is COC(=O)[C@@H](C(C)C)N(C)C. The van der Waals surface area contributed by atoms with Gasteiger partial charge in [0.2, 0.25) is 0 Å². The molecule has 0 aliphatic rings. The molecule has 0 saturated heterocycles. The van der Waals surface area contributed by atoms with Crippen molar-refractivity contribution in [3.8, 4) is 0 Å². The van der Waals surface area contributed by atoms with Gasteiger partial charge in [-0.2, -0.15) is 0 Å². The predicted octanol–water partition coefficient (Wildman–Crippen LogP) is 0.746. The van der Waals surface area contributed by atoms with Crippen LogP contribution in [-0.4, -0.2) is 38.1 Å². The van der Waals surface area contributed by atoms with Crippen LogP contribution >= 0.6 is 0 Å². The second kappa shape index (κ2) is 4.34. The summed E-state index contributed by atoms with van der Waals surface area (Å²) in [5, 5.41) is 0. The number of esters is 1. The first-order valence-corrected chi connectivity index (χ1v) is 3.75. The van der Waals surface area contributed by atoms with E-state index in [9.17, 15) is 4.79 Å². The van der Waals surface area contributed by atoms with Crippen LogP contribution in [-0.2, 0) is 9.53 Å². The molecule has 0 aliphatic carbocycles. The number of rotatable bonds is 3. The Kier molecular flexibility index (Phi) is 4.11. The summed E-state index contributed by atoms with van der Waals surface area (Å²) in [6, 6.07) is -0.125. The fourth-order valence-electron chi connectivity index (χ4n) is 1.20.